The van der Waals surface area contributed by atoms with Crippen molar-refractivity contribution in [3.8, 4) is 6.07 Å². The Kier molecular flexibility index (Phi) is 5.16. The Labute approximate surface area is 130 Å². The van der Waals surface area contributed by atoms with E-state index in [1.54, 1.807) is 12.1 Å². The molecule has 0 saturated heterocycles. The van der Waals surface area contributed by atoms with Gasteiger partial charge in [-0.15, -0.1) is 0 Å². The van der Waals surface area contributed by atoms with Crippen LogP contribution in [-0.4, -0.2) is 17.6 Å². The Morgan fingerprint density at radius 1 is 1.23 bits per heavy atom. The normalized spacial score (nSPS) is 10.0. The summed E-state index contributed by atoms with van der Waals surface area (Å²) in [5.41, 5.74) is 3.81. The highest BCUT2D eigenvalue weighted by molar-refractivity contribution is 5.67. The molecule has 112 valence electrons. The van der Waals surface area contributed by atoms with Crippen molar-refractivity contribution in [2.75, 3.05) is 11.4 Å². The van der Waals surface area contributed by atoms with Gasteiger partial charge in [0.2, 0.25) is 0 Å². The molecule has 0 heterocycles. The molecule has 2 rings (SSSR count). The molecule has 0 atom stereocenters. The summed E-state index contributed by atoms with van der Waals surface area (Å²) in [6.45, 7) is 3.07. The number of aliphatic carboxylic acids is 1. The number of carboxylic acid groups (broad SMARTS) is 1. The summed E-state index contributed by atoms with van der Waals surface area (Å²) in [6.07, 6.45) is 0.0875. The molecule has 0 spiro atoms. The summed E-state index contributed by atoms with van der Waals surface area (Å²) < 4.78 is 0. The lowest BCUT2D eigenvalue weighted by molar-refractivity contribution is -0.136. The van der Waals surface area contributed by atoms with Gasteiger partial charge >= 0.3 is 5.97 Å². The SMILES string of the molecule is Cc1cccc(N(CCC(=O)O)Cc2ccc(C#N)cc2)c1. The molecule has 2 aromatic carbocycles. The zero-order valence-electron chi connectivity index (χ0n) is 12.5. The summed E-state index contributed by atoms with van der Waals surface area (Å²) in [6, 6.07) is 17.5. The molecule has 4 heteroatoms. The monoisotopic (exact) mass is 294 g/mol. The largest absolute Gasteiger partial charge is 0.481 e. The zero-order chi connectivity index (χ0) is 15.9. The molecule has 0 saturated carbocycles. The first-order valence-electron chi connectivity index (χ1n) is 7.11. The van der Waals surface area contributed by atoms with Gasteiger partial charge in [0.05, 0.1) is 18.1 Å². The van der Waals surface area contributed by atoms with Gasteiger partial charge in [-0.05, 0) is 42.3 Å². The lowest BCUT2D eigenvalue weighted by Gasteiger charge is -2.25. The second kappa shape index (κ2) is 7.28. The molecule has 0 aliphatic heterocycles. The Morgan fingerprint density at radius 3 is 2.55 bits per heavy atom. The molecule has 0 aliphatic carbocycles. The van der Waals surface area contributed by atoms with E-state index >= 15 is 0 Å². The van der Waals surface area contributed by atoms with E-state index < -0.39 is 5.97 Å². The van der Waals surface area contributed by atoms with Crippen LogP contribution in [0.2, 0.25) is 0 Å². The highest BCUT2D eigenvalue weighted by Gasteiger charge is 2.10. The lowest BCUT2D eigenvalue weighted by Crippen LogP contribution is -2.25. The highest BCUT2D eigenvalue weighted by atomic mass is 16.4. The van der Waals surface area contributed by atoms with Gasteiger partial charge in [-0.1, -0.05) is 24.3 Å². The molecule has 0 amide bonds. The number of rotatable bonds is 6. The fourth-order valence-electron chi connectivity index (χ4n) is 2.26. The van der Waals surface area contributed by atoms with Crippen LogP contribution < -0.4 is 4.90 Å². The van der Waals surface area contributed by atoms with E-state index in [9.17, 15) is 4.79 Å². The average Bonchev–Trinajstić information content (AvgIpc) is 2.52. The second-order valence-corrected chi connectivity index (χ2v) is 5.21. The number of benzene rings is 2. The molecule has 1 N–H and O–H groups in total. The van der Waals surface area contributed by atoms with Crippen molar-refractivity contribution in [1.82, 2.24) is 0 Å². The van der Waals surface area contributed by atoms with Gasteiger partial charge in [0.1, 0.15) is 0 Å². The number of carbonyl (C=O) groups is 1. The third-order valence-corrected chi connectivity index (χ3v) is 3.42. The van der Waals surface area contributed by atoms with Crippen molar-refractivity contribution in [3.63, 3.8) is 0 Å². The van der Waals surface area contributed by atoms with Crippen molar-refractivity contribution in [1.29, 1.82) is 5.26 Å². The number of nitriles is 1. The Hall–Kier alpha value is -2.80. The fourth-order valence-corrected chi connectivity index (χ4v) is 2.26. The molecule has 0 unspecified atom stereocenters. The van der Waals surface area contributed by atoms with Gasteiger partial charge in [0.15, 0.2) is 0 Å². The molecule has 0 bridgehead atoms. The van der Waals surface area contributed by atoms with Crippen LogP contribution >= 0.6 is 0 Å². The minimum Gasteiger partial charge on any atom is -0.481 e. The van der Waals surface area contributed by atoms with Crippen molar-refractivity contribution in [3.05, 3.63) is 65.2 Å². The summed E-state index contributed by atoms with van der Waals surface area (Å²) in [7, 11) is 0. The van der Waals surface area contributed by atoms with E-state index in [0.29, 0.717) is 18.7 Å². The first-order chi connectivity index (χ1) is 10.6. The zero-order valence-corrected chi connectivity index (χ0v) is 12.5. The van der Waals surface area contributed by atoms with Crippen molar-refractivity contribution in [2.24, 2.45) is 0 Å². The Bertz CT molecular complexity index is 687. The van der Waals surface area contributed by atoms with Gasteiger partial charge in [0, 0.05) is 18.8 Å². The first-order valence-corrected chi connectivity index (χ1v) is 7.11. The van der Waals surface area contributed by atoms with E-state index in [1.165, 1.54) is 0 Å². The maximum atomic E-state index is 10.9. The van der Waals surface area contributed by atoms with Crippen molar-refractivity contribution >= 4 is 11.7 Å². The molecule has 0 aromatic heterocycles. The topological polar surface area (TPSA) is 64.3 Å². The molecule has 2 aromatic rings. The predicted molar refractivity (Wildman–Crippen MR) is 85.6 cm³/mol. The molecule has 0 aliphatic rings. The quantitative estimate of drug-likeness (QED) is 0.887. The van der Waals surface area contributed by atoms with Crippen LogP contribution in [0.4, 0.5) is 5.69 Å². The van der Waals surface area contributed by atoms with Gasteiger partial charge in [-0.2, -0.15) is 5.26 Å². The third kappa shape index (κ3) is 4.35. The Morgan fingerprint density at radius 2 is 1.95 bits per heavy atom. The average molecular weight is 294 g/mol. The molecule has 0 fully saturated rings. The summed E-state index contributed by atoms with van der Waals surface area (Å²) in [5, 5.41) is 17.8. The number of carboxylic acids is 1. The van der Waals surface area contributed by atoms with Gasteiger partial charge < -0.3 is 10.0 Å². The highest BCUT2D eigenvalue weighted by Crippen LogP contribution is 2.19. The van der Waals surface area contributed by atoms with Gasteiger partial charge in [0.25, 0.3) is 0 Å². The van der Waals surface area contributed by atoms with E-state index in [4.69, 9.17) is 10.4 Å². The smallest absolute Gasteiger partial charge is 0.305 e. The predicted octanol–water partition coefficient (Wildman–Crippen LogP) is 3.35. The van der Waals surface area contributed by atoms with E-state index in [-0.39, 0.29) is 6.42 Å². The number of hydrogen-bond acceptors (Lipinski definition) is 3. The molecule has 22 heavy (non-hydrogen) atoms. The number of hydrogen-bond donors (Lipinski definition) is 1. The number of anilines is 1. The van der Waals surface area contributed by atoms with Crippen LogP contribution in [0.1, 0.15) is 23.1 Å². The van der Waals surface area contributed by atoms with Gasteiger partial charge in [-0.3, -0.25) is 4.79 Å². The maximum Gasteiger partial charge on any atom is 0.305 e. The molecular weight excluding hydrogens is 276 g/mol. The van der Waals surface area contributed by atoms with E-state index in [0.717, 1.165) is 16.8 Å². The third-order valence-electron chi connectivity index (χ3n) is 3.42. The number of nitrogens with zero attached hydrogens (tertiary/aromatic N) is 2. The standard InChI is InChI=1S/C18H18N2O2/c1-14-3-2-4-17(11-14)20(10-9-18(21)22)13-16-7-5-15(12-19)6-8-16/h2-8,11H,9-10,13H2,1H3,(H,21,22). The second-order valence-electron chi connectivity index (χ2n) is 5.21. The minimum absolute atomic E-state index is 0.0875. The van der Waals surface area contributed by atoms with Crippen molar-refractivity contribution < 1.29 is 9.90 Å². The van der Waals surface area contributed by atoms with Crippen LogP contribution in [0.3, 0.4) is 0 Å². The minimum atomic E-state index is -0.808. The van der Waals surface area contributed by atoms with Gasteiger partial charge in [-0.25, -0.2) is 0 Å². The number of aryl methyl sites for hydroxylation is 1. The summed E-state index contributed by atoms with van der Waals surface area (Å²) >= 11 is 0. The van der Waals surface area contributed by atoms with Crippen LogP contribution in [-0.2, 0) is 11.3 Å². The van der Waals surface area contributed by atoms with Crippen LogP contribution in [0.15, 0.2) is 48.5 Å². The van der Waals surface area contributed by atoms with Crippen LogP contribution in [0.25, 0.3) is 0 Å². The van der Waals surface area contributed by atoms with E-state index in [2.05, 4.69) is 6.07 Å². The first kappa shape index (κ1) is 15.6. The summed E-state index contributed by atoms with van der Waals surface area (Å²) in [4.78, 5) is 12.9. The fraction of sp³-hybridized carbons (Fsp3) is 0.222. The van der Waals surface area contributed by atoms with Crippen LogP contribution in [0, 0.1) is 18.3 Å². The maximum absolute atomic E-state index is 10.9. The molecular formula is C18H18N2O2. The summed E-state index contributed by atoms with van der Waals surface area (Å²) in [5.74, 6) is -0.808. The van der Waals surface area contributed by atoms with Crippen molar-refractivity contribution in [2.45, 2.75) is 19.9 Å². The molecule has 4 nitrogen and oxygen atoms in total. The van der Waals surface area contributed by atoms with E-state index in [1.807, 2.05) is 48.2 Å². The lowest BCUT2D eigenvalue weighted by atomic mass is 10.1. The molecule has 0 radical (unpaired) electrons. The Balaban J connectivity index is 2.19. The van der Waals surface area contributed by atoms with Crippen LogP contribution in [0.5, 0.6) is 0 Å².